The maximum absolute atomic E-state index is 12.2. The highest BCUT2D eigenvalue weighted by Gasteiger charge is 2.20. The Balaban J connectivity index is 2.97. The number of nitrogens with two attached hydrogens (primary N) is 1. The summed E-state index contributed by atoms with van der Waals surface area (Å²) in [5.41, 5.74) is 2.29. The third-order valence-electron chi connectivity index (χ3n) is 2.96. The van der Waals surface area contributed by atoms with Crippen molar-refractivity contribution in [2.75, 3.05) is 12.0 Å². The number of hydrazine groups is 1. The van der Waals surface area contributed by atoms with Gasteiger partial charge in [-0.1, -0.05) is 26.7 Å². The number of hydrogen-bond acceptors (Lipinski definition) is 5. The summed E-state index contributed by atoms with van der Waals surface area (Å²) in [5, 5.41) is 0. The van der Waals surface area contributed by atoms with Gasteiger partial charge in [-0.15, -0.1) is 0 Å². The Morgan fingerprint density at radius 1 is 1.42 bits per heavy atom. The van der Waals surface area contributed by atoms with E-state index in [1.165, 1.54) is 12.3 Å². The van der Waals surface area contributed by atoms with Gasteiger partial charge < -0.3 is 5.43 Å². The lowest BCUT2D eigenvalue weighted by molar-refractivity contribution is 0.479. The van der Waals surface area contributed by atoms with Gasteiger partial charge in [0.15, 0.2) is 5.82 Å². The van der Waals surface area contributed by atoms with E-state index in [2.05, 4.69) is 31.1 Å². The summed E-state index contributed by atoms with van der Waals surface area (Å²) in [6.45, 7) is 4.48. The van der Waals surface area contributed by atoms with Gasteiger partial charge in [-0.25, -0.2) is 24.0 Å². The van der Waals surface area contributed by atoms with Crippen LogP contribution in [-0.2, 0) is 10.0 Å². The van der Waals surface area contributed by atoms with Gasteiger partial charge in [0.25, 0.3) is 0 Å². The molecule has 0 aliphatic rings. The maximum Gasteiger partial charge on any atom is 0.244 e. The van der Waals surface area contributed by atoms with Gasteiger partial charge in [0.2, 0.25) is 10.0 Å². The van der Waals surface area contributed by atoms with Crippen LogP contribution in [-0.4, -0.2) is 19.9 Å². The highest BCUT2D eigenvalue weighted by Crippen LogP contribution is 2.22. The molecule has 0 radical (unpaired) electrons. The highest BCUT2D eigenvalue weighted by molar-refractivity contribution is 9.10. The standard InChI is InChI=1S/C11H19BrN4O2S/c1-3-8(4-2)6-15-19(17,18)10-5-9(12)7-14-11(10)16-13/h5,7-8,15H,3-4,6,13H2,1-2H3,(H,14,16). The van der Waals surface area contributed by atoms with Crippen LogP contribution in [0, 0.1) is 5.92 Å². The first kappa shape index (κ1) is 16.4. The van der Waals surface area contributed by atoms with Crippen molar-refractivity contribution >= 4 is 31.8 Å². The van der Waals surface area contributed by atoms with Crippen molar-refractivity contribution in [3.05, 3.63) is 16.7 Å². The van der Waals surface area contributed by atoms with E-state index in [0.717, 1.165) is 12.8 Å². The Labute approximate surface area is 122 Å². The zero-order valence-electron chi connectivity index (χ0n) is 11.0. The van der Waals surface area contributed by atoms with Crippen LogP contribution in [0.1, 0.15) is 26.7 Å². The van der Waals surface area contributed by atoms with Crippen LogP contribution in [0.4, 0.5) is 5.82 Å². The van der Waals surface area contributed by atoms with Crippen molar-refractivity contribution in [2.24, 2.45) is 11.8 Å². The molecule has 0 bridgehead atoms. The molecule has 0 aliphatic carbocycles. The van der Waals surface area contributed by atoms with E-state index in [0.29, 0.717) is 16.9 Å². The normalized spacial score (nSPS) is 11.8. The van der Waals surface area contributed by atoms with E-state index in [4.69, 9.17) is 5.84 Å². The van der Waals surface area contributed by atoms with Gasteiger partial charge in [0.1, 0.15) is 4.90 Å². The molecule has 1 heterocycles. The highest BCUT2D eigenvalue weighted by atomic mass is 79.9. The molecular weight excluding hydrogens is 332 g/mol. The van der Waals surface area contributed by atoms with Crippen LogP contribution in [0.25, 0.3) is 0 Å². The molecule has 0 amide bonds. The van der Waals surface area contributed by atoms with Crippen molar-refractivity contribution in [3.63, 3.8) is 0 Å². The number of nitrogen functional groups attached to an aromatic ring is 1. The Kier molecular flexibility index (Phi) is 6.18. The second kappa shape index (κ2) is 7.18. The summed E-state index contributed by atoms with van der Waals surface area (Å²) in [6, 6.07) is 1.47. The summed E-state index contributed by atoms with van der Waals surface area (Å²) in [5.74, 6) is 5.73. The number of halogens is 1. The predicted molar refractivity (Wildman–Crippen MR) is 79.0 cm³/mol. The molecule has 0 aliphatic heterocycles. The first-order valence-electron chi connectivity index (χ1n) is 6.06. The lowest BCUT2D eigenvalue weighted by Crippen LogP contribution is -2.30. The largest absolute Gasteiger partial charge is 0.307 e. The molecule has 0 unspecified atom stereocenters. The van der Waals surface area contributed by atoms with E-state index in [-0.39, 0.29) is 10.7 Å². The second-order valence-corrected chi connectivity index (χ2v) is 6.83. The van der Waals surface area contributed by atoms with Crippen LogP contribution >= 0.6 is 15.9 Å². The van der Waals surface area contributed by atoms with Crippen LogP contribution in [0.3, 0.4) is 0 Å². The maximum atomic E-state index is 12.2. The average Bonchev–Trinajstić information content (AvgIpc) is 2.39. The van der Waals surface area contributed by atoms with Crippen LogP contribution in [0.5, 0.6) is 0 Å². The van der Waals surface area contributed by atoms with Gasteiger partial charge in [-0.2, -0.15) is 0 Å². The first-order chi connectivity index (χ1) is 8.94. The molecule has 0 atom stereocenters. The number of sulfonamides is 1. The van der Waals surface area contributed by atoms with E-state index >= 15 is 0 Å². The molecule has 0 fully saturated rings. The number of aromatic nitrogens is 1. The number of pyridine rings is 1. The zero-order chi connectivity index (χ0) is 14.5. The Hall–Kier alpha value is -0.700. The minimum Gasteiger partial charge on any atom is -0.307 e. The molecule has 0 saturated heterocycles. The first-order valence-corrected chi connectivity index (χ1v) is 8.34. The molecule has 6 nitrogen and oxygen atoms in total. The second-order valence-electron chi connectivity index (χ2n) is 4.18. The van der Waals surface area contributed by atoms with Crippen LogP contribution in [0.2, 0.25) is 0 Å². The van der Waals surface area contributed by atoms with Gasteiger partial charge >= 0.3 is 0 Å². The molecule has 19 heavy (non-hydrogen) atoms. The van der Waals surface area contributed by atoms with Crippen LogP contribution in [0.15, 0.2) is 21.6 Å². The van der Waals surface area contributed by atoms with Crippen molar-refractivity contribution in [3.8, 4) is 0 Å². The lowest BCUT2D eigenvalue weighted by atomic mass is 10.0. The Bertz CT molecular complexity index is 517. The Morgan fingerprint density at radius 2 is 2.05 bits per heavy atom. The summed E-state index contributed by atoms with van der Waals surface area (Å²) in [7, 11) is -3.63. The van der Waals surface area contributed by atoms with Crippen molar-refractivity contribution in [2.45, 2.75) is 31.6 Å². The molecule has 108 valence electrons. The van der Waals surface area contributed by atoms with Crippen molar-refractivity contribution in [1.29, 1.82) is 0 Å². The minimum atomic E-state index is -3.63. The van der Waals surface area contributed by atoms with E-state index in [9.17, 15) is 8.42 Å². The van der Waals surface area contributed by atoms with Gasteiger partial charge in [0, 0.05) is 17.2 Å². The molecular formula is C11H19BrN4O2S. The molecule has 1 aromatic rings. The molecule has 8 heteroatoms. The molecule has 1 rings (SSSR count). The number of hydrogen-bond donors (Lipinski definition) is 3. The van der Waals surface area contributed by atoms with Crippen molar-refractivity contribution in [1.82, 2.24) is 9.71 Å². The van der Waals surface area contributed by atoms with Gasteiger partial charge in [0.05, 0.1) is 0 Å². The number of anilines is 1. The van der Waals surface area contributed by atoms with E-state index in [1.54, 1.807) is 0 Å². The third kappa shape index (κ3) is 4.41. The summed E-state index contributed by atoms with van der Waals surface area (Å²) in [4.78, 5) is 3.97. The SMILES string of the molecule is CCC(CC)CNS(=O)(=O)c1cc(Br)cnc1NN. The van der Waals surface area contributed by atoms with Crippen molar-refractivity contribution < 1.29 is 8.42 Å². The smallest absolute Gasteiger partial charge is 0.244 e. The molecule has 0 aromatic carbocycles. The molecule has 0 saturated carbocycles. The van der Waals surface area contributed by atoms with E-state index in [1.807, 2.05) is 13.8 Å². The topological polar surface area (TPSA) is 97.1 Å². The predicted octanol–water partition coefficient (Wildman–Crippen LogP) is 1.84. The van der Waals surface area contributed by atoms with Gasteiger partial charge in [-0.05, 0) is 27.9 Å². The zero-order valence-corrected chi connectivity index (χ0v) is 13.4. The third-order valence-corrected chi connectivity index (χ3v) is 4.83. The summed E-state index contributed by atoms with van der Waals surface area (Å²) >= 11 is 3.20. The lowest BCUT2D eigenvalue weighted by Gasteiger charge is -2.15. The fraction of sp³-hybridized carbons (Fsp3) is 0.545. The summed E-state index contributed by atoms with van der Waals surface area (Å²) < 4.78 is 27.6. The fourth-order valence-electron chi connectivity index (χ4n) is 1.62. The number of nitrogens with one attached hydrogen (secondary N) is 2. The molecule has 0 spiro atoms. The number of rotatable bonds is 7. The van der Waals surface area contributed by atoms with Crippen LogP contribution < -0.4 is 16.0 Å². The van der Waals surface area contributed by atoms with E-state index < -0.39 is 10.0 Å². The quantitative estimate of drug-likeness (QED) is 0.515. The Morgan fingerprint density at radius 3 is 2.58 bits per heavy atom. The molecule has 1 aromatic heterocycles. The molecule has 4 N–H and O–H groups in total. The average molecular weight is 351 g/mol. The summed E-state index contributed by atoms with van der Waals surface area (Å²) in [6.07, 6.45) is 3.34. The monoisotopic (exact) mass is 350 g/mol. The number of nitrogens with zero attached hydrogens (tertiary/aromatic N) is 1. The van der Waals surface area contributed by atoms with Gasteiger partial charge in [-0.3, -0.25) is 0 Å². The minimum absolute atomic E-state index is 0.0373. The fourth-order valence-corrected chi connectivity index (χ4v) is 3.36.